The quantitative estimate of drug-likeness (QED) is 0.0236. The Hall–Kier alpha value is -3.29. The number of hydrogen-bond donors (Lipinski definition) is 20. The Labute approximate surface area is 563 Å². The van der Waals surface area contributed by atoms with Crippen LogP contribution in [0.25, 0.3) is 0 Å². The van der Waals surface area contributed by atoms with E-state index in [0.29, 0.717) is 69.8 Å². The number of carbonyl (C=O) groups is 1. The highest BCUT2D eigenvalue weighted by Gasteiger charge is 2.47. The van der Waals surface area contributed by atoms with Crippen LogP contribution in [0.4, 0.5) is 0 Å². The van der Waals surface area contributed by atoms with Crippen molar-refractivity contribution in [2.75, 3.05) is 6.61 Å². The van der Waals surface area contributed by atoms with Gasteiger partial charge in [-0.05, 0) is 146 Å². The van der Waals surface area contributed by atoms with Gasteiger partial charge in [0.05, 0.1) is 92.1 Å². The van der Waals surface area contributed by atoms with E-state index in [9.17, 15) is 102 Å². The predicted octanol–water partition coefficient (Wildman–Crippen LogP) is 2.68. The number of aliphatic hydroxyl groups excluding tert-OH is 20. The van der Waals surface area contributed by atoms with Crippen molar-refractivity contribution in [1.82, 2.24) is 0 Å². The van der Waals surface area contributed by atoms with Crippen molar-refractivity contribution >= 4 is 5.78 Å². The smallest absolute Gasteiger partial charge is 0.138 e. The molecule has 0 saturated carbocycles. The van der Waals surface area contributed by atoms with Crippen LogP contribution in [0.15, 0.2) is 97.2 Å². The van der Waals surface area contributed by atoms with Crippen LogP contribution in [-0.2, 0) is 14.3 Å². The van der Waals surface area contributed by atoms with E-state index in [-0.39, 0.29) is 101 Å². The number of ether oxygens (including phenoxy) is 2. The summed E-state index contributed by atoms with van der Waals surface area (Å²) in [7, 11) is 0. The zero-order chi connectivity index (χ0) is 71.3. The topological polar surface area (TPSA) is 440 Å². The maximum absolute atomic E-state index is 12.5. The third-order valence-electron chi connectivity index (χ3n) is 18.3. The second kappa shape index (κ2) is 48.5. The van der Waals surface area contributed by atoms with E-state index in [1.807, 2.05) is 49.5 Å². The van der Waals surface area contributed by atoms with Gasteiger partial charge in [-0.15, -0.1) is 0 Å². The van der Waals surface area contributed by atoms with Crippen LogP contribution >= 0.6 is 0 Å². The third kappa shape index (κ3) is 35.1. The number of allylic oxidation sites excluding steroid dienone is 11. The summed E-state index contributed by atoms with van der Waals surface area (Å²) in [5.74, 6) is -1.72. The van der Waals surface area contributed by atoms with E-state index in [0.717, 1.165) is 12.8 Å². The molecular weight excluding hydrogens is 1230 g/mol. The molecule has 2 saturated heterocycles. The second-order valence-corrected chi connectivity index (χ2v) is 27.2. The first-order valence-corrected chi connectivity index (χ1v) is 34.6. The van der Waals surface area contributed by atoms with Gasteiger partial charge in [0.15, 0.2) is 0 Å². The normalized spacial score (nSPS) is 26.8. The highest BCUT2D eigenvalue weighted by Crippen LogP contribution is 2.34. The molecule has 550 valence electrons. The molecule has 0 aromatic heterocycles. The zero-order valence-electron chi connectivity index (χ0n) is 56.7. The molecule has 95 heavy (non-hydrogen) atoms. The summed E-state index contributed by atoms with van der Waals surface area (Å²) in [5, 5.41) is 214. The van der Waals surface area contributed by atoms with Crippen molar-refractivity contribution in [2.24, 2.45) is 17.8 Å². The average Bonchev–Trinajstić information content (AvgIpc) is 0.840. The van der Waals surface area contributed by atoms with Crippen molar-refractivity contribution in [1.29, 1.82) is 0 Å². The molecule has 23 nitrogen and oxygen atoms in total. The summed E-state index contributed by atoms with van der Waals surface area (Å²) in [4.78, 5) is 12.5. The van der Waals surface area contributed by atoms with Crippen molar-refractivity contribution in [3.05, 3.63) is 97.2 Å². The molecule has 2 aliphatic rings. The summed E-state index contributed by atoms with van der Waals surface area (Å²) in [6.45, 7) is 13.9. The van der Waals surface area contributed by atoms with Gasteiger partial charge in [-0.3, -0.25) is 4.79 Å². The van der Waals surface area contributed by atoms with Gasteiger partial charge in [0, 0.05) is 25.7 Å². The first-order chi connectivity index (χ1) is 44.9. The Kier molecular flexibility index (Phi) is 44.8. The maximum atomic E-state index is 12.5. The fourth-order valence-corrected chi connectivity index (χ4v) is 12.1. The Balaban J connectivity index is 1.80. The monoisotopic (exact) mass is 1360 g/mol. The van der Waals surface area contributed by atoms with Crippen molar-refractivity contribution in [3.8, 4) is 0 Å². The molecule has 0 amide bonds. The van der Waals surface area contributed by atoms with E-state index in [1.54, 1.807) is 32.9 Å². The number of ketones is 1. The number of Topliss-reactive ketones (excluding diaryl/α,β-unsaturated/α-hetero) is 1. The SMILES string of the molecule is C=C/C=C/CC/C=C/C=C/C=C/CC/C=C/C(O)C(O)C1OC(C(O)C(O)C(=C)CCC(O)C2CC(C)C(O)C(C(O)C(O)/C=C(\C)CCC(O)CC(O)C(O)C(C)CC(O)C(O)CC(C)CCC(O)CC(=O)CC(O)CCCC(O)CCCCC(O)CO)O2)CC(O)C1O. The van der Waals surface area contributed by atoms with Crippen molar-refractivity contribution in [2.45, 2.75) is 322 Å². The molecule has 0 bridgehead atoms. The number of unbranched alkanes of at least 4 members (excludes halogenated alkanes) is 3. The molecule has 2 fully saturated rings. The molecule has 0 radical (unpaired) electrons. The lowest BCUT2D eigenvalue weighted by Crippen LogP contribution is -2.59. The van der Waals surface area contributed by atoms with Crippen LogP contribution in [0.3, 0.4) is 0 Å². The average molecular weight is 1360 g/mol. The van der Waals surface area contributed by atoms with Crippen LogP contribution in [0, 0.1) is 17.8 Å². The lowest BCUT2D eigenvalue weighted by Gasteiger charge is -2.43. The zero-order valence-corrected chi connectivity index (χ0v) is 56.7. The minimum Gasteiger partial charge on any atom is -0.394 e. The molecule has 2 aliphatic heterocycles. The number of rotatable bonds is 51. The van der Waals surface area contributed by atoms with E-state index >= 15 is 0 Å². The standard InChI is InChI=1S/C72H124O23/c1-7-8-9-10-11-12-13-14-15-16-17-18-19-20-28-56(81)67(90)72-69(92)61(86)42-63(95-72)70(93)65(88)46(4)31-34-55(80)62-38-48(6)66(89)71(94-62)68(91)59(84)36-45(3)30-33-52(77)41-60(85)64(87)47(5)37-58(83)57(82)35-44(2)29-32-51(76)40-54(79)39-50(75)27-23-26-49(74)24-21-22-25-53(78)43-73/h7-9,12-17,20,28,36,44,47-53,55-78,80-93H,1,4,10-11,18-19,21-27,29-35,37-43H2,2-3,5-6H3/b9-8+,13-12+,15-14+,17-16+,28-20+,45-36+. The van der Waals surface area contributed by atoms with Crippen molar-refractivity contribution in [3.63, 3.8) is 0 Å². The lowest BCUT2D eigenvalue weighted by atomic mass is 9.84. The number of hydrogen-bond acceptors (Lipinski definition) is 23. The van der Waals surface area contributed by atoms with E-state index in [1.165, 1.54) is 12.2 Å². The minimum absolute atomic E-state index is 0.0612. The first kappa shape index (κ1) is 87.8. The fourth-order valence-electron chi connectivity index (χ4n) is 12.1. The number of carbonyl (C=O) groups excluding carboxylic acids is 1. The van der Waals surface area contributed by atoms with Crippen LogP contribution < -0.4 is 0 Å². The summed E-state index contributed by atoms with van der Waals surface area (Å²) < 4.78 is 11.8. The third-order valence-corrected chi connectivity index (χ3v) is 18.3. The van der Waals surface area contributed by atoms with Gasteiger partial charge in [-0.25, -0.2) is 0 Å². The van der Waals surface area contributed by atoms with E-state index < -0.39 is 152 Å². The van der Waals surface area contributed by atoms with Crippen LogP contribution in [0.1, 0.15) is 182 Å². The van der Waals surface area contributed by atoms with Gasteiger partial charge in [0.2, 0.25) is 0 Å². The first-order valence-electron chi connectivity index (χ1n) is 34.6. The Bertz CT molecular complexity index is 2260. The molecule has 26 atom stereocenters. The lowest BCUT2D eigenvalue weighted by molar-refractivity contribution is -0.233. The Morgan fingerprint density at radius 3 is 1.69 bits per heavy atom. The molecule has 23 heteroatoms. The molecule has 20 N–H and O–H groups in total. The molecule has 26 unspecified atom stereocenters. The largest absolute Gasteiger partial charge is 0.394 e. The summed E-state index contributed by atoms with van der Waals surface area (Å²) in [6, 6.07) is 0. The molecule has 0 spiro atoms. The van der Waals surface area contributed by atoms with Crippen LogP contribution in [0.2, 0.25) is 0 Å². The van der Waals surface area contributed by atoms with Crippen LogP contribution in [-0.4, -0.2) is 255 Å². The van der Waals surface area contributed by atoms with Gasteiger partial charge in [0.1, 0.15) is 60.7 Å². The molecule has 0 aromatic rings. The van der Waals surface area contributed by atoms with Gasteiger partial charge in [0.25, 0.3) is 0 Å². The minimum atomic E-state index is -1.72. The summed E-state index contributed by atoms with van der Waals surface area (Å²) in [6.07, 6.45) is -1.95. The Morgan fingerprint density at radius 1 is 0.537 bits per heavy atom. The second-order valence-electron chi connectivity index (χ2n) is 27.2. The summed E-state index contributed by atoms with van der Waals surface area (Å²) in [5.41, 5.74) is 0.583. The fraction of sp³-hybridized carbons (Fsp3) is 0.764. The van der Waals surface area contributed by atoms with Gasteiger partial charge in [-0.2, -0.15) is 0 Å². The van der Waals surface area contributed by atoms with Gasteiger partial charge >= 0.3 is 0 Å². The molecule has 2 heterocycles. The number of aliphatic hydroxyl groups is 20. The molecular formula is C72H124O23. The predicted molar refractivity (Wildman–Crippen MR) is 361 cm³/mol. The van der Waals surface area contributed by atoms with E-state index in [2.05, 4.69) is 19.2 Å². The maximum Gasteiger partial charge on any atom is 0.138 e. The summed E-state index contributed by atoms with van der Waals surface area (Å²) >= 11 is 0. The Morgan fingerprint density at radius 2 is 1.07 bits per heavy atom. The van der Waals surface area contributed by atoms with Crippen molar-refractivity contribution < 1.29 is 116 Å². The van der Waals surface area contributed by atoms with E-state index in [4.69, 9.17) is 14.6 Å². The highest BCUT2D eigenvalue weighted by molar-refractivity contribution is 5.79. The van der Waals surface area contributed by atoms with Gasteiger partial charge < -0.3 is 112 Å². The molecule has 0 aromatic carbocycles. The molecule has 2 rings (SSSR count). The van der Waals surface area contributed by atoms with Gasteiger partial charge in [-0.1, -0.05) is 125 Å². The van der Waals surface area contributed by atoms with Crippen LogP contribution in [0.5, 0.6) is 0 Å². The highest BCUT2D eigenvalue weighted by atomic mass is 16.6. The molecule has 0 aliphatic carbocycles.